The maximum Gasteiger partial charge on any atom is 0.322 e. The van der Waals surface area contributed by atoms with Gasteiger partial charge in [0.25, 0.3) is 5.91 Å². The van der Waals surface area contributed by atoms with Gasteiger partial charge in [-0.3, -0.25) is 14.5 Å². The second-order valence-electron chi connectivity index (χ2n) is 7.41. The van der Waals surface area contributed by atoms with Crippen LogP contribution in [0.1, 0.15) is 40.7 Å². The molecule has 2 aliphatic rings. The zero-order chi connectivity index (χ0) is 21.3. The van der Waals surface area contributed by atoms with Gasteiger partial charge in [0.2, 0.25) is 5.91 Å². The molecule has 8 heteroatoms. The summed E-state index contributed by atoms with van der Waals surface area (Å²) >= 11 is 6.23. The van der Waals surface area contributed by atoms with E-state index in [1.165, 1.54) is 10.5 Å². The first-order valence-electron chi connectivity index (χ1n) is 10.0. The average molecular weight is 427 g/mol. The van der Waals surface area contributed by atoms with Crippen LogP contribution in [0.5, 0.6) is 0 Å². The second-order valence-corrected chi connectivity index (χ2v) is 7.82. The van der Waals surface area contributed by atoms with Gasteiger partial charge in [0.05, 0.1) is 16.6 Å². The highest BCUT2D eigenvalue weighted by Crippen LogP contribution is 2.35. The van der Waals surface area contributed by atoms with Crippen molar-refractivity contribution in [2.24, 2.45) is 0 Å². The maximum absolute atomic E-state index is 12.6. The summed E-state index contributed by atoms with van der Waals surface area (Å²) in [6.45, 7) is 3.47. The number of nitrogens with zero attached hydrogens (tertiary/aromatic N) is 1. The van der Waals surface area contributed by atoms with Gasteiger partial charge in [-0.15, -0.1) is 0 Å². The van der Waals surface area contributed by atoms with Crippen molar-refractivity contribution in [1.29, 1.82) is 0 Å². The van der Waals surface area contributed by atoms with E-state index < -0.39 is 0 Å². The van der Waals surface area contributed by atoms with Crippen LogP contribution in [-0.2, 0) is 11.2 Å². The van der Waals surface area contributed by atoms with Crippen molar-refractivity contribution in [2.75, 3.05) is 29.9 Å². The van der Waals surface area contributed by atoms with E-state index in [0.717, 1.165) is 17.7 Å². The summed E-state index contributed by atoms with van der Waals surface area (Å²) in [7, 11) is 0. The van der Waals surface area contributed by atoms with Gasteiger partial charge in [0, 0.05) is 30.9 Å². The van der Waals surface area contributed by atoms with E-state index in [2.05, 4.69) is 28.9 Å². The molecule has 0 saturated carbocycles. The highest BCUT2D eigenvalue weighted by molar-refractivity contribution is 6.34. The predicted molar refractivity (Wildman–Crippen MR) is 116 cm³/mol. The minimum atomic E-state index is -0.277. The lowest BCUT2D eigenvalue weighted by Crippen LogP contribution is -2.29. The van der Waals surface area contributed by atoms with Crippen molar-refractivity contribution < 1.29 is 14.4 Å². The van der Waals surface area contributed by atoms with Crippen molar-refractivity contribution in [2.45, 2.75) is 25.7 Å². The zero-order valence-corrected chi connectivity index (χ0v) is 17.4. The van der Waals surface area contributed by atoms with Crippen molar-refractivity contribution in [3.63, 3.8) is 0 Å². The molecule has 3 N–H and O–H groups in total. The SMILES string of the molecule is CCc1ccc2c(c1)C(CCNC(=O)c1ccc(Cl)c(N3CCNC3=O)c1)C(=O)N2. The number of aryl methyl sites for hydroxylation is 1. The standard InChI is InChI=1S/C22H23ClN4O3/c1-2-13-3-6-18-16(11-13)15(21(29)26-18)7-8-24-20(28)14-4-5-17(23)19(12-14)27-10-9-25-22(27)30/h3-6,11-12,15H,2,7-10H2,1H3,(H,24,28)(H,25,30)(H,26,29). The molecule has 1 unspecified atom stereocenters. The lowest BCUT2D eigenvalue weighted by Gasteiger charge is -2.17. The van der Waals surface area contributed by atoms with E-state index in [4.69, 9.17) is 11.6 Å². The smallest absolute Gasteiger partial charge is 0.322 e. The average Bonchev–Trinajstić information content (AvgIpc) is 3.30. The van der Waals surface area contributed by atoms with Gasteiger partial charge in [-0.2, -0.15) is 0 Å². The van der Waals surface area contributed by atoms with Gasteiger partial charge in [-0.25, -0.2) is 4.79 Å². The van der Waals surface area contributed by atoms with E-state index in [1.807, 2.05) is 12.1 Å². The Kier molecular flexibility index (Phi) is 5.63. The Hall–Kier alpha value is -3.06. The Bertz CT molecular complexity index is 1020. The molecule has 0 aliphatic carbocycles. The minimum absolute atomic E-state index is 0.0404. The van der Waals surface area contributed by atoms with Crippen LogP contribution in [0.25, 0.3) is 0 Å². The van der Waals surface area contributed by atoms with Gasteiger partial charge in [-0.1, -0.05) is 30.7 Å². The summed E-state index contributed by atoms with van der Waals surface area (Å²) < 4.78 is 0. The van der Waals surface area contributed by atoms with Crippen LogP contribution in [-0.4, -0.2) is 37.5 Å². The zero-order valence-electron chi connectivity index (χ0n) is 16.6. The van der Waals surface area contributed by atoms with Crippen LogP contribution in [0, 0.1) is 0 Å². The number of urea groups is 1. The largest absolute Gasteiger partial charge is 0.352 e. The summed E-state index contributed by atoms with van der Waals surface area (Å²) in [6, 6.07) is 10.6. The number of carbonyl (C=O) groups excluding carboxylic acids is 3. The number of hydrogen-bond donors (Lipinski definition) is 3. The Morgan fingerprint density at radius 3 is 2.80 bits per heavy atom. The normalized spacial score (nSPS) is 17.5. The first kappa shape index (κ1) is 20.2. The van der Waals surface area contributed by atoms with Crippen LogP contribution in [0.4, 0.5) is 16.2 Å². The van der Waals surface area contributed by atoms with Crippen LogP contribution in [0.15, 0.2) is 36.4 Å². The molecular weight excluding hydrogens is 404 g/mol. The molecule has 0 bridgehead atoms. The molecule has 1 saturated heterocycles. The quantitative estimate of drug-likeness (QED) is 0.662. The third-order valence-electron chi connectivity index (χ3n) is 5.55. The first-order valence-corrected chi connectivity index (χ1v) is 10.4. The number of rotatable bonds is 6. The Labute approximate surface area is 179 Å². The van der Waals surface area contributed by atoms with Crippen molar-refractivity contribution in [3.8, 4) is 0 Å². The Balaban J connectivity index is 1.41. The second kappa shape index (κ2) is 8.36. The van der Waals surface area contributed by atoms with Crippen molar-refractivity contribution in [1.82, 2.24) is 10.6 Å². The number of hydrogen-bond acceptors (Lipinski definition) is 3. The lowest BCUT2D eigenvalue weighted by atomic mass is 9.95. The predicted octanol–water partition coefficient (Wildman–Crippen LogP) is 3.29. The van der Waals surface area contributed by atoms with Crippen molar-refractivity contribution >= 4 is 40.8 Å². The number of carbonyl (C=O) groups is 3. The van der Waals surface area contributed by atoms with E-state index in [9.17, 15) is 14.4 Å². The van der Waals surface area contributed by atoms with Gasteiger partial charge < -0.3 is 16.0 Å². The third-order valence-corrected chi connectivity index (χ3v) is 5.87. The molecular formula is C22H23ClN4O3. The van der Waals surface area contributed by atoms with Crippen LogP contribution >= 0.6 is 11.6 Å². The third kappa shape index (κ3) is 3.85. The molecule has 0 aromatic heterocycles. The van der Waals surface area contributed by atoms with Crippen LogP contribution < -0.4 is 20.9 Å². The number of fused-ring (bicyclic) bond motifs is 1. The minimum Gasteiger partial charge on any atom is -0.352 e. The Morgan fingerprint density at radius 1 is 1.23 bits per heavy atom. The van der Waals surface area contributed by atoms with E-state index in [1.54, 1.807) is 18.2 Å². The number of nitrogens with one attached hydrogen (secondary N) is 3. The molecule has 1 fully saturated rings. The molecule has 2 aromatic rings. The fourth-order valence-corrected chi connectivity index (χ4v) is 4.10. The summed E-state index contributed by atoms with van der Waals surface area (Å²) in [5, 5.41) is 8.91. The molecule has 156 valence electrons. The first-order chi connectivity index (χ1) is 14.5. The summed E-state index contributed by atoms with van der Waals surface area (Å²) in [5.74, 6) is -0.587. The van der Waals surface area contributed by atoms with Gasteiger partial charge >= 0.3 is 6.03 Å². The van der Waals surface area contributed by atoms with E-state index >= 15 is 0 Å². The molecule has 0 radical (unpaired) electrons. The fraction of sp³-hybridized carbons (Fsp3) is 0.318. The maximum atomic E-state index is 12.6. The highest BCUT2D eigenvalue weighted by atomic mass is 35.5. The van der Waals surface area contributed by atoms with Crippen LogP contribution in [0.3, 0.4) is 0 Å². The monoisotopic (exact) mass is 426 g/mol. The Morgan fingerprint density at radius 2 is 2.07 bits per heavy atom. The lowest BCUT2D eigenvalue weighted by molar-refractivity contribution is -0.117. The molecule has 2 heterocycles. The molecule has 4 rings (SSSR count). The molecule has 2 aliphatic heterocycles. The molecule has 30 heavy (non-hydrogen) atoms. The summed E-state index contributed by atoms with van der Waals surface area (Å²) in [5.41, 5.74) is 3.94. The van der Waals surface area contributed by atoms with Crippen LogP contribution in [0.2, 0.25) is 5.02 Å². The topological polar surface area (TPSA) is 90.5 Å². The van der Waals surface area contributed by atoms with E-state index in [0.29, 0.717) is 42.3 Å². The summed E-state index contributed by atoms with van der Waals surface area (Å²) in [6.07, 6.45) is 1.41. The fourth-order valence-electron chi connectivity index (χ4n) is 3.88. The molecule has 2 aromatic carbocycles. The van der Waals surface area contributed by atoms with E-state index in [-0.39, 0.29) is 23.8 Å². The number of amides is 4. The molecule has 4 amide bonds. The molecule has 7 nitrogen and oxygen atoms in total. The summed E-state index contributed by atoms with van der Waals surface area (Å²) in [4.78, 5) is 38.4. The van der Waals surface area contributed by atoms with Gasteiger partial charge in [0.1, 0.15) is 0 Å². The van der Waals surface area contributed by atoms with Crippen molar-refractivity contribution in [3.05, 3.63) is 58.1 Å². The van der Waals surface area contributed by atoms with Gasteiger partial charge in [-0.05, 0) is 48.2 Å². The van der Waals surface area contributed by atoms with Gasteiger partial charge in [0.15, 0.2) is 0 Å². The molecule has 0 spiro atoms. The number of halogens is 1. The highest BCUT2D eigenvalue weighted by Gasteiger charge is 2.30. The molecule has 1 atom stereocenters. The number of anilines is 2. The number of benzene rings is 2.